The zero-order chi connectivity index (χ0) is 14.7. The second-order valence-corrected chi connectivity index (χ2v) is 4.64. The number of aromatic amines is 1. The Morgan fingerprint density at radius 2 is 2.14 bits per heavy atom. The van der Waals surface area contributed by atoms with Crippen molar-refractivity contribution in [3.8, 4) is 11.5 Å². The molecule has 21 heavy (non-hydrogen) atoms. The van der Waals surface area contributed by atoms with E-state index < -0.39 is 0 Å². The molecular weight excluding hydrogens is 268 g/mol. The number of hydrogen-bond donors (Lipinski definition) is 2. The Labute approximate surface area is 121 Å². The summed E-state index contributed by atoms with van der Waals surface area (Å²) in [6.45, 7) is 1.84. The predicted octanol–water partition coefficient (Wildman–Crippen LogP) is 2.55. The summed E-state index contributed by atoms with van der Waals surface area (Å²) in [7, 11) is 0. The molecule has 2 heterocycles. The quantitative estimate of drug-likeness (QED) is 0.770. The van der Waals surface area contributed by atoms with Crippen LogP contribution < -0.4 is 5.32 Å². The molecule has 1 amide bonds. The third-order valence-electron chi connectivity index (χ3n) is 3.02. The van der Waals surface area contributed by atoms with Crippen LogP contribution in [-0.2, 0) is 11.2 Å². The van der Waals surface area contributed by atoms with Crippen molar-refractivity contribution in [2.75, 3.05) is 5.32 Å². The van der Waals surface area contributed by atoms with Gasteiger partial charge in [0, 0.05) is 5.56 Å². The average Bonchev–Trinajstić information content (AvgIpc) is 3.10. The number of aryl methyl sites for hydroxylation is 1. The zero-order valence-corrected chi connectivity index (χ0v) is 11.5. The highest BCUT2D eigenvalue weighted by molar-refractivity contribution is 5.92. The first-order chi connectivity index (χ1) is 10.2. The Morgan fingerprint density at radius 3 is 2.86 bits per heavy atom. The highest BCUT2D eigenvalue weighted by Gasteiger charge is 2.11. The van der Waals surface area contributed by atoms with Gasteiger partial charge < -0.3 is 9.73 Å². The van der Waals surface area contributed by atoms with Gasteiger partial charge in [-0.3, -0.25) is 9.89 Å². The third-order valence-corrected chi connectivity index (χ3v) is 3.02. The number of benzene rings is 1. The summed E-state index contributed by atoms with van der Waals surface area (Å²) in [5.74, 6) is 0.352. The molecule has 0 saturated heterocycles. The Bertz CT molecular complexity index is 746. The predicted molar refractivity (Wildman–Crippen MR) is 77.6 cm³/mol. The molecule has 0 aliphatic heterocycles. The lowest BCUT2D eigenvalue weighted by molar-refractivity contribution is -0.115. The van der Waals surface area contributed by atoms with E-state index in [-0.39, 0.29) is 12.3 Å². The van der Waals surface area contributed by atoms with Gasteiger partial charge in [-0.05, 0) is 19.1 Å². The van der Waals surface area contributed by atoms with Gasteiger partial charge in [0.2, 0.25) is 11.8 Å². The fourth-order valence-electron chi connectivity index (χ4n) is 1.94. The second kappa shape index (κ2) is 5.62. The van der Waals surface area contributed by atoms with E-state index in [2.05, 4.69) is 20.5 Å². The molecule has 0 radical (unpaired) electrons. The van der Waals surface area contributed by atoms with Gasteiger partial charge in [-0.25, -0.2) is 4.98 Å². The summed E-state index contributed by atoms with van der Waals surface area (Å²) in [5.41, 5.74) is 2.96. The maximum absolute atomic E-state index is 11.9. The lowest BCUT2D eigenvalue weighted by atomic mass is 10.2. The number of H-pyrrole nitrogens is 1. The minimum Gasteiger partial charge on any atom is -0.444 e. The number of carbonyl (C=O) groups is 1. The van der Waals surface area contributed by atoms with E-state index in [1.807, 2.05) is 37.3 Å². The topological polar surface area (TPSA) is 83.8 Å². The number of nitrogens with one attached hydrogen (secondary N) is 2. The minimum absolute atomic E-state index is 0.154. The normalized spacial score (nSPS) is 10.5. The highest BCUT2D eigenvalue weighted by atomic mass is 16.3. The van der Waals surface area contributed by atoms with Crippen molar-refractivity contribution in [2.24, 2.45) is 0 Å². The van der Waals surface area contributed by atoms with Gasteiger partial charge >= 0.3 is 0 Å². The first-order valence-electron chi connectivity index (χ1n) is 6.52. The van der Waals surface area contributed by atoms with Crippen LogP contribution in [0.1, 0.15) is 11.4 Å². The molecule has 6 heteroatoms. The Hall–Kier alpha value is -2.89. The van der Waals surface area contributed by atoms with Gasteiger partial charge in [-0.1, -0.05) is 18.2 Å². The van der Waals surface area contributed by atoms with Crippen LogP contribution in [0.2, 0.25) is 0 Å². The number of amides is 1. The van der Waals surface area contributed by atoms with Crippen LogP contribution in [0.4, 0.5) is 5.69 Å². The summed E-state index contributed by atoms with van der Waals surface area (Å²) < 4.78 is 5.40. The number of oxazole rings is 1. The van der Waals surface area contributed by atoms with Crippen LogP contribution in [-0.4, -0.2) is 21.1 Å². The molecule has 0 unspecified atom stereocenters. The summed E-state index contributed by atoms with van der Waals surface area (Å²) in [6, 6.07) is 9.56. The van der Waals surface area contributed by atoms with E-state index in [0.717, 1.165) is 11.3 Å². The standard InChI is InChI=1S/C15H14N4O2/c1-10-13(8-16-19-10)18-14(20)7-12-9-21-15(17-12)11-5-3-2-4-6-11/h2-6,8-9H,7H2,1H3,(H,16,19)(H,18,20). The number of hydrogen-bond acceptors (Lipinski definition) is 4. The average molecular weight is 282 g/mol. The van der Waals surface area contributed by atoms with Crippen LogP contribution in [0.3, 0.4) is 0 Å². The molecule has 3 aromatic rings. The molecule has 1 aromatic carbocycles. The first kappa shape index (κ1) is 13.1. The molecule has 0 spiro atoms. The molecule has 0 atom stereocenters. The van der Waals surface area contributed by atoms with Crippen LogP contribution in [0.5, 0.6) is 0 Å². The van der Waals surface area contributed by atoms with Gasteiger partial charge in [0.25, 0.3) is 0 Å². The summed E-state index contributed by atoms with van der Waals surface area (Å²) in [5, 5.41) is 9.39. The highest BCUT2D eigenvalue weighted by Crippen LogP contribution is 2.18. The largest absolute Gasteiger partial charge is 0.444 e. The van der Waals surface area contributed by atoms with Crippen LogP contribution >= 0.6 is 0 Å². The van der Waals surface area contributed by atoms with Gasteiger partial charge in [0.15, 0.2) is 0 Å². The molecule has 0 bridgehead atoms. The summed E-state index contributed by atoms with van der Waals surface area (Å²) in [6.07, 6.45) is 3.23. The maximum atomic E-state index is 11.9. The lowest BCUT2D eigenvalue weighted by Gasteiger charge is -2.01. The molecular formula is C15H14N4O2. The molecule has 106 valence electrons. The number of carbonyl (C=O) groups excluding carboxylic acids is 1. The lowest BCUT2D eigenvalue weighted by Crippen LogP contribution is -2.14. The van der Waals surface area contributed by atoms with Crippen LogP contribution in [0.15, 0.2) is 47.2 Å². The first-order valence-corrected chi connectivity index (χ1v) is 6.52. The van der Waals surface area contributed by atoms with Crippen molar-refractivity contribution in [1.82, 2.24) is 15.2 Å². The Kier molecular flexibility index (Phi) is 3.51. The fourth-order valence-corrected chi connectivity index (χ4v) is 1.94. The molecule has 0 saturated carbocycles. The van der Waals surface area contributed by atoms with E-state index in [1.165, 1.54) is 6.26 Å². The van der Waals surface area contributed by atoms with Crippen molar-refractivity contribution in [1.29, 1.82) is 0 Å². The van der Waals surface area contributed by atoms with Gasteiger partial charge in [-0.15, -0.1) is 0 Å². The molecule has 6 nitrogen and oxygen atoms in total. The van der Waals surface area contributed by atoms with Crippen molar-refractivity contribution in [2.45, 2.75) is 13.3 Å². The summed E-state index contributed by atoms with van der Waals surface area (Å²) >= 11 is 0. The second-order valence-electron chi connectivity index (χ2n) is 4.64. The molecule has 2 N–H and O–H groups in total. The monoisotopic (exact) mass is 282 g/mol. The molecule has 2 aromatic heterocycles. The van der Waals surface area contributed by atoms with E-state index in [0.29, 0.717) is 17.3 Å². The number of anilines is 1. The van der Waals surface area contributed by atoms with Crippen molar-refractivity contribution >= 4 is 11.6 Å². The zero-order valence-electron chi connectivity index (χ0n) is 11.5. The van der Waals surface area contributed by atoms with Crippen LogP contribution in [0, 0.1) is 6.92 Å². The SMILES string of the molecule is Cc1[nH]ncc1NC(=O)Cc1coc(-c2ccccc2)n1. The van der Waals surface area contributed by atoms with E-state index in [1.54, 1.807) is 6.20 Å². The fraction of sp³-hybridized carbons (Fsp3) is 0.133. The Morgan fingerprint density at radius 1 is 1.33 bits per heavy atom. The van der Waals surface area contributed by atoms with Crippen molar-refractivity contribution in [3.05, 3.63) is 54.2 Å². The van der Waals surface area contributed by atoms with Gasteiger partial charge in [-0.2, -0.15) is 5.10 Å². The van der Waals surface area contributed by atoms with Crippen molar-refractivity contribution in [3.63, 3.8) is 0 Å². The van der Waals surface area contributed by atoms with Gasteiger partial charge in [0.05, 0.1) is 29.7 Å². The minimum atomic E-state index is -0.160. The van der Waals surface area contributed by atoms with E-state index in [9.17, 15) is 4.79 Å². The maximum Gasteiger partial charge on any atom is 0.230 e. The number of aromatic nitrogens is 3. The number of rotatable bonds is 4. The Balaban J connectivity index is 1.67. The smallest absolute Gasteiger partial charge is 0.230 e. The van der Waals surface area contributed by atoms with E-state index >= 15 is 0 Å². The molecule has 3 rings (SSSR count). The van der Waals surface area contributed by atoms with Crippen molar-refractivity contribution < 1.29 is 9.21 Å². The molecule has 0 fully saturated rings. The van der Waals surface area contributed by atoms with Gasteiger partial charge in [0.1, 0.15) is 6.26 Å². The number of nitrogens with zero attached hydrogens (tertiary/aromatic N) is 2. The third kappa shape index (κ3) is 3.00. The molecule has 0 aliphatic carbocycles. The summed E-state index contributed by atoms with van der Waals surface area (Å²) in [4.78, 5) is 16.3. The molecule has 0 aliphatic rings. The van der Waals surface area contributed by atoms with E-state index in [4.69, 9.17) is 4.42 Å². The van der Waals surface area contributed by atoms with Crippen LogP contribution in [0.25, 0.3) is 11.5 Å².